The Kier molecular flexibility index (Phi) is 2.90. The molecule has 0 saturated carbocycles. The van der Waals surface area contributed by atoms with Crippen LogP contribution in [0.5, 0.6) is 0 Å². The number of nitrogens with two attached hydrogens (primary N) is 1. The molecule has 4 nitrogen and oxygen atoms in total. The number of nitrogens with zero attached hydrogens (tertiary/aromatic N) is 2. The summed E-state index contributed by atoms with van der Waals surface area (Å²) in [6.45, 7) is 0.224. The molecule has 0 spiro atoms. The highest BCUT2D eigenvalue weighted by Crippen LogP contribution is 2.32. The summed E-state index contributed by atoms with van der Waals surface area (Å²) in [5.74, 6) is 0.754. The molecule has 0 saturated heterocycles. The minimum atomic E-state index is 0.224. The van der Waals surface area contributed by atoms with Crippen LogP contribution < -0.4 is 5.73 Å². The lowest BCUT2D eigenvalue weighted by Crippen LogP contribution is -1.97. The molecule has 0 aliphatic carbocycles. The maximum Gasteiger partial charge on any atom is 0.259 e. The third-order valence-electron chi connectivity index (χ3n) is 1.83. The van der Waals surface area contributed by atoms with Crippen molar-refractivity contribution in [2.24, 2.45) is 5.73 Å². The first-order chi connectivity index (χ1) is 7.22. The predicted molar refractivity (Wildman–Crippen MR) is 57.6 cm³/mol. The first-order valence-electron chi connectivity index (χ1n) is 4.19. The molecule has 15 heavy (non-hydrogen) atoms. The molecule has 0 bridgehead atoms. The number of aromatic nitrogens is 2. The summed E-state index contributed by atoms with van der Waals surface area (Å²) in [6, 6.07) is 5.20. The van der Waals surface area contributed by atoms with Gasteiger partial charge in [-0.3, -0.25) is 0 Å². The Morgan fingerprint density at radius 3 is 2.80 bits per heavy atom. The van der Waals surface area contributed by atoms with Crippen molar-refractivity contribution in [3.05, 3.63) is 34.1 Å². The molecule has 1 aromatic heterocycles. The van der Waals surface area contributed by atoms with Crippen LogP contribution in [0.4, 0.5) is 0 Å². The second kappa shape index (κ2) is 4.18. The van der Waals surface area contributed by atoms with Gasteiger partial charge >= 0.3 is 0 Å². The van der Waals surface area contributed by atoms with Crippen molar-refractivity contribution >= 4 is 23.2 Å². The smallest absolute Gasteiger partial charge is 0.259 e. The highest BCUT2D eigenvalue weighted by molar-refractivity contribution is 6.43. The Balaban J connectivity index is 2.49. The number of benzene rings is 1. The van der Waals surface area contributed by atoms with Crippen LogP contribution in [0.3, 0.4) is 0 Å². The van der Waals surface area contributed by atoms with Gasteiger partial charge in [-0.1, -0.05) is 34.4 Å². The van der Waals surface area contributed by atoms with Crippen molar-refractivity contribution in [3.63, 3.8) is 0 Å². The normalized spacial score (nSPS) is 10.6. The van der Waals surface area contributed by atoms with E-state index >= 15 is 0 Å². The Bertz CT molecular complexity index is 484. The second-order valence-corrected chi connectivity index (χ2v) is 3.61. The lowest BCUT2D eigenvalue weighted by atomic mass is 10.2. The number of hydrogen-bond donors (Lipinski definition) is 1. The fourth-order valence-corrected chi connectivity index (χ4v) is 1.50. The monoisotopic (exact) mass is 243 g/mol. The Labute approximate surface area is 96.0 Å². The minimum Gasteiger partial charge on any atom is -0.334 e. The summed E-state index contributed by atoms with van der Waals surface area (Å²) < 4.78 is 4.99. The molecule has 0 fully saturated rings. The van der Waals surface area contributed by atoms with Gasteiger partial charge < -0.3 is 10.3 Å². The highest BCUT2D eigenvalue weighted by Gasteiger charge is 2.13. The molecular weight excluding hydrogens is 237 g/mol. The third kappa shape index (κ3) is 1.97. The minimum absolute atomic E-state index is 0.224. The molecule has 6 heteroatoms. The summed E-state index contributed by atoms with van der Waals surface area (Å²) in [6.07, 6.45) is 0. The SMILES string of the molecule is NCc1noc(-c2cccc(Cl)c2Cl)n1. The fourth-order valence-electron chi connectivity index (χ4n) is 1.12. The first-order valence-corrected chi connectivity index (χ1v) is 4.95. The van der Waals surface area contributed by atoms with Crippen molar-refractivity contribution in [3.8, 4) is 11.5 Å². The van der Waals surface area contributed by atoms with Crippen molar-refractivity contribution in [1.29, 1.82) is 0 Å². The van der Waals surface area contributed by atoms with Gasteiger partial charge in [-0.15, -0.1) is 0 Å². The van der Waals surface area contributed by atoms with Crippen LogP contribution >= 0.6 is 23.2 Å². The van der Waals surface area contributed by atoms with E-state index in [2.05, 4.69) is 10.1 Å². The molecule has 0 aliphatic rings. The number of hydrogen-bond acceptors (Lipinski definition) is 4. The average Bonchev–Trinajstić information content (AvgIpc) is 2.70. The van der Waals surface area contributed by atoms with E-state index in [9.17, 15) is 0 Å². The largest absolute Gasteiger partial charge is 0.334 e. The maximum absolute atomic E-state index is 5.99. The number of halogens is 2. The molecule has 1 aromatic carbocycles. The van der Waals surface area contributed by atoms with E-state index in [0.29, 0.717) is 27.3 Å². The van der Waals surface area contributed by atoms with Gasteiger partial charge in [0.1, 0.15) is 0 Å². The van der Waals surface area contributed by atoms with Crippen LogP contribution in [0.15, 0.2) is 22.7 Å². The lowest BCUT2D eigenvalue weighted by Gasteiger charge is -1.99. The van der Waals surface area contributed by atoms with Crippen molar-refractivity contribution < 1.29 is 4.52 Å². The van der Waals surface area contributed by atoms with Crippen LogP contribution in [-0.2, 0) is 6.54 Å². The van der Waals surface area contributed by atoms with Crippen LogP contribution in [0, 0.1) is 0 Å². The standard InChI is InChI=1S/C9H7Cl2N3O/c10-6-3-1-2-5(8(6)11)9-13-7(4-12)14-15-9/h1-3H,4,12H2. The first kappa shape index (κ1) is 10.4. The van der Waals surface area contributed by atoms with Gasteiger partial charge in [-0.05, 0) is 12.1 Å². The zero-order valence-electron chi connectivity index (χ0n) is 7.58. The van der Waals surface area contributed by atoms with E-state index in [1.165, 1.54) is 0 Å². The molecule has 2 N–H and O–H groups in total. The summed E-state index contributed by atoms with van der Waals surface area (Å²) >= 11 is 11.8. The number of rotatable bonds is 2. The van der Waals surface area contributed by atoms with Gasteiger partial charge in [0.15, 0.2) is 5.82 Å². The zero-order valence-corrected chi connectivity index (χ0v) is 9.09. The van der Waals surface area contributed by atoms with E-state index in [1.54, 1.807) is 18.2 Å². The lowest BCUT2D eigenvalue weighted by molar-refractivity contribution is 0.423. The van der Waals surface area contributed by atoms with Gasteiger partial charge in [0.25, 0.3) is 5.89 Å². The predicted octanol–water partition coefficient (Wildman–Crippen LogP) is 2.50. The van der Waals surface area contributed by atoms with E-state index < -0.39 is 0 Å². The van der Waals surface area contributed by atoms with Gasteiger partial charge in [0, 0.05) is 0 Å². The molecule has 78 valence electrons. The summed E-state index contributed by atoms with van der Waals surface area (Å²) in [5, 5.41) is 4.51. The zero-order chi connectivity index (χ0) is 10.8. The van der Waals surface area contributed by atoms with E-state index in [0.717, 1.165) is 0 Å². The molecule has 0 radical (unpaired) electrons. The van der Waals surface area contributed by atoms with Gasteiger partial charge in [0.2, 0.25) is 0 Å². The van der Waals surface area contributed by atoms with Gasteiger partial charge in [0.05, 0.1) is 22.2 Å². The Hall–Kier alpha value is -1.10. The van der Waals surface area contributed by atoms with Crippen LogP contribution in [0.2, 0.25) is 10.0 Å². The second-order valence-electron chi connectivity index (χ2n) is 2.82. The van der Waals surface area contributed by atoms with E-state index in [4.69, 9.17) is 33.5 Å². The molecule has 2 rings (SSSR count). The van der Waals surface area contributed by atoms with Crippen LogP contribution in [0.1, 0.15) is 5.82 Å². The van der Waals surface area contributed by atoms with Crippen molar-refractivity contribution in [2.75, 3.05) is 0 Å². The maximum atomic E-state index is 5.99. The van der Waals surface area contributed by atoms with Gasteiger partial charge in [-0.25, -0.2) is 0 Å². The molecular formula is C9H7Cl2N3O. The van der Waals surface area contributed by atoms with Crippen LogP contribution in [-0.4, -0.2) is 10.1 Å². The molecule has 1 heterocycles. The molecule has 0 aliphatic heterocycles. The summed E-state index contributed by atoms with van der Waals surface area (Å²) in [5.41, 5.74) is 5.97. The fraction of sp³-hybridized carbons (Fsp3) is 0.111. The van der Waals surface area contributed by atoms with Crippen molar-refractivity contribution in [1.82, 2.24) is 10.1 Å². The molecule has 0 unspecified atom stereocenters. The van der Waals surface area contributed by atoms with Crippen LogP contribution in [0.25, 0.3) is 11.5 Å². The third-order valence-corrected chi connectivity index (χ3v) is 2.65. The molecule has 2 aromatic rings. The Morgan fingerprint density at radius 1 is 1.33 bits per heavy atom. The molecule has 0 atom stereocenters. The van der Waals surface area contributed by atoms with Gasteiger partial charge in [-0.2, -0.15) is 4.98 Å². The summed E-state index contributed by atoms with van der Waals surface area (Å²) in [7, 11) is 0. The summed E-state index contributed by atoms with van der Waals surface area (Å²) in [4.78, 5) is 4.06. The molecule has 0 amide bonds. The average molecular weight is 244 g/mol. The van der Waals surface area contributed by atoms with Crippen molar-refractivity contribution in [2.45, 2.75) is 6.54 Å². The van der Waals surface area contributed by atoms with E-state index in [-0.39, 0.29) is 6.54 Å². The highest BCUT2D eigenvalue weighted by atomic mass is 35.5. The topological polar surface area (TPSA) is 64.9 Å². The quantitative estimate of drug-likeness (QED) is 0.881. The van der Waals surface area contributed by atoms with E-state index in [1.807, 2.05) is 0 Å². The Morgan fingerprint density at radius 2 is 2.13 bits per heavy atom.